The van der Waals surface area contributed by atoms with E-state index in [0.717, 1.165) is 0 Å². The Morgan fingerprint density at radius 1 is 1.16 bits per heavy atom. The first kappa shape index (κ1) is 13.4. The number of nitrogens with one attached hydrogen (secondary N) is 1. The van der Waals surface area contributed by atoms with Gasteiger partial charge in [0, 0.05) is 24.2 Å². The van der Waals surface area contributed by atoms with Crippen molar-refractivity contribution in [3.63, 3.8) is 0 Å². The van der Waals surface area contributed by atoms with Gasteiger partial charge in [-0.15, -0.1) is 0 Å². The highest BCUT2D eigenvalue weighted by atomic mass is 35.5. The number of hydrogen-bond donors (Lipinski definition) is 3. The van der Waals surface area contributed by atoms with Gasteiger partial charge in [-0.2, -0.15) is 0 Å². The van der Waals surface area contributed by atoms with E-state index in [0.29, 0.717) is 28.6 Å². The molecule has 0 aliphatic carbocycles. The summed E-state index contributed by atoms with van der Waals surface area (Å²) < 4.78 is 5.12. The smallest absolute Gasteiger partial charge is 0.124 e. The molecule has 0 saturated heterocycles. The van der Waals surface area contributed by atoms with Crippen LogP contribution in [0.3, 0.4) is 0 Å². The maximum Gasteiger partial charge on any atom is 0.124 e. The molecule has 5 heteroatoms. The lowest BCUT2D eigenvalue weighted by Gasteiger charge is -2.11. The third-order valence-electron chi connectivity index (χ3n) is 2.71. The second-order valence-electron chi connectivity index (χ2n) is 4.01. The molecule has 0 unspecified atom stereocenters. The van der Waals surface area contributed by atoms with E-state index >= 15 is 0 Å². The van der Waals surface area contributed by atoms with E-state index in [4.69, 9.17) is 16.3 Å². The normalized spacial score (nSPS) is 10.2. The third kappa shape index (κ3) is 3.23. The number of ether oxygens (including phenoxy) is 1. The fourth-order valence-electron chi connectivity index (χ4n) is 1.66. The molecule has 0 radical (unpaired) electrons. The molecular weight excluding hydrogens is 266 g/mol. The summed E-state index contributed by atoms with van der Waals surface area (Å²) in [6, 6.07) is 9.74. The van der Waals surface area contributed by atoms with E-state index in [1.165, 1.54) is 12.1 Å². The number of phenols is 2. The second kappa shape index (κ2) is 5.71. The summed E-state index contributed by atoms with van der Waals surface area (Å²) in [5.74, 6) is 0.758. The highest BCUT2D eigenvalue weighted by molar-refractivity contribution is 6.33. The van der Waals surface area contributed by atoms with Gasteiger partial charge in [0.05, 0.1) is 17.8 Å². The van der Waals surface area contributed by atoms with E-state index in [1.54, 1.807) is 31.4 Å². The molecule has 0 bridgehead atoms. The molecular formula is C14H14ClNO3. The van der Waals surface area contributed by atoms with Crippen LogP contribution < -0.4 is 10.1 Å². The van der Waals surface area contributed by atoms with Crippen LogP contribution in [0.15, 0.2) is 36.4 Å². The van der Waals surface area contributed by atoms with Crippen LogP contribution in [0.5, 0.6) is 17.2 Å². The van der Waals surface area contributed by atoms with Crippen molar-refractivity contribution in [2.45, 2.75) is 6.54 Å². The fraction of sp³-hybridized carbons (Fsp3) is 0.143. The highest BCUT2D eigenvalue weighted by Crippen LogP contribution is 2.28. The Morgan fingerprint density at radius 2 is 1.95 bits per heavy atom. The van der Waals surface area contributed by atoms with Crippen LogP contribution in [0, 0.1) is 0 Å². The monoisotopic (exact) mass is 279 g/mol. The largest absolute Gasteiger partial charge is 0.508 e. The van der Waals surface area contributed by atoms with Gasteiger partial charge in [0.15, 0.2) is 0 Å². The van der Waals surface area contributed by atoms with Crippen LogP contribution >= 0.6 is 11.6 Å². The third-order valence-corrected chi connectivity index (χ3v) is 3.04. The van der Waals surface area contributed by atoms with E-state index in [9.17, 15) is 10.2 Å². The molecule has 0 aliphatic rings. The predicted molar refractivity (Wildman–Crippen MR) is 75.1 cm³/mol. The summed E-state index contributed by atoms with van der Waals surface area (Å²) in [7, 11) is 1.58. The number of phenolic OH excluding ortho intramolecular Hbond substituents is 2. The number of rotatable bonds is 4. The van der Waals surface area contributed by atoms with E-state index < -0.39 is 0 Å². The van der Waals surface area contributed by atoms with Gasteiger partial charge in [-0.25, -0.2) is 0 Å². The van der Waals surface area contributed by atoms with Crippen molar-refractivity contribution in [3.05, 3.63) is 47.0 Å². The maximum atomic E-state index is 9.68. The number of benzene rings is 2. The SMILES string of the molecule is COc1ccc(Cl)c(NCc2ccc(O)cc2O)c1. The minimum Gasteiger partial charge on any atom is -0.508 e. The van der Waals surface area contributed by atoms with Gasteiger partial charge in [-0.05, 0) is 24.3 Å². The molecule has 0 aromatic heterocycles. The van der Waals surface area contributed by atoms with Crippen molar-refractivity contribution in [1.82, 2.24) is 0 Å². The fourth-order valence-corrected chi connectivity index (χ4v) is 1.84. The van der Waals surface area contributed by atoms with Gasteiger partial charge in [-0.1, -0.05) is 11.6 Å². The van der Waals surface area contributed by atoms with Crippen molar-refractivity contribution >= 4 is 17.3 Å². The maximum absolute atomic E-state index is 9.68. The standard InChI is InChI=1S/C14H14ClNO3/c1-19-11-4-5-12(15)13(7-11)16-8-9-2-3-10(17)6-14(9)18/h2-7,16-18H,8H2,1H3. The molecule has 2 aromatic carbocycles. The van der Waals surface area contributed by atoms with Gasteiger partial charge in [-0.3, -0.25) is 0 Å². The van der Waals surface area contributed by atoms with Crippen molar-refractivity contribution in [2.24, 2.45) is 0 Å². The zero-order chi connectivity index (χ0) is 13.8. The van der Waals surface area contributed by atoms with Gasteiger partial charge in [0.2, 0.25) is 0 Å². The van der Waals surface area contributed by atoms with Gasteiger partial charge < -0.3 is 20.3 Å². The van der Waals surface area contributed by atoms with Crippen molar-refractivity contribution in [2.75, 3.05) is 12.4 Å². The number of aromatic hydroxyl groups is 2. The molecule has 100 valence electrons. The van der Waals surface area contributed by atoms with Crippen molar-refractivity contribution < 1.29 is 14.9 Å². The van der Waals surface area contributed by atoms with Gasteiger partial charge >= 0.3 is 0 Å². The first-order valence-corrected chi connectivity index (χ1v) is 6.06. The second-order valence-corrected chi connectivity index (χ2v) is 4.42. The Balaban J connectivity index is 2.14. The lowest BCUT2D eigenvalue weighted by Crippen LogP contribution is -2.00. The first-order valence-electron chi connectivity index (χ1n) is 5.68. The number of anilines is 1. The van der Waals surface area contributed by atoms with Gasteiger partial charge in [0.25, 0.3) is 0 Å². The molecule has 0 heterocycles. The molecule has 2 rings (SSSR count). The summed E-state index contributed by atoms with van der Waals surface area (Å²) >= 11 is 6.06. The van der Waals surface area contributed by atoms with E-state index in [2.05, 4.69) is 5.32 Å². The van der Waals surface area contributed by atoms with Crippen LogP contribution in [0.1, 0.15) is 5.56 Å². The number of methoxy groups -OCH3 is 1. The van der Waals surface area contributed by atoms with Gasteiger partial charge in [0.1, 0.15) is 17.2 Å². The average Bonchev–Trinajstić information content (AvgIpc) is 2.39. The first-order chi connectivity index (χ1) is 9.10. The Bertz CT molecular complexity index is 587. The summed E-state index contributed by atoms with van der Waals surface area (Å²) in [6.07, 6.45) is 0. The minimum atomic E-state index is 0.0284. The molecule has 3 N–H and O–H groups in total. The zero-order valence-electron chi connectivity index (χ0n) is 10.4. The molecule has 0 saturated carbocycles. The summed E-state index contributed by atoms with van der Waals surface area (Å²) in [5.41, 5.74) is 1.38. The van der Waals surface area contributed by atoms with Crippen LogP contribution in [-0.4, -0.2) is 17.3 Å². The Morgan fingerprint density at radius 3 is 2.63 bits per heavy atom. The molecule has 0 fully saturated rings. The van der Waals surface area contributed by atoms with Crippen LogP contribution in [0.4, 0.5) is 5.69 Å². The molecule has 4 nitrogen and oxygen atoms in total. The molecule has 0 spiro atoms. The van der Waals surface area contributed by atoms with E-state index in [1.807, 2.05) is 0 Å². The molecule has 0 amide bonds. The summed E-state index contributed by atoms with van der Waals surface area (Å²) in [4.78, 5) is 0. The summed E-state index contributed by atoms with van der Waals surface area (Å²) in [6.45, 7) is 0.388. The Labute approximate surface area is 116 Å². The van der Waals surface area contributed by atoms with E-state index in [-0.39, 0.29) is 11.5 Å². The highest BCUT2D eigenvalue weighted by Gasteiger charge is 2.05. The average molecular weight is 280 g/mol. The van der Waals surface area contributed by atoms with Crippen molar-refractivity contribution in [1.29, 1.82) is 0 Å². The molecule has 19 heavy (non-hydrogen) atoms. The topological polar surface area (TPSA) is 61.7 Å². The molecule has 0 atom stereocenters. The van der Waals surface area contributed by atoms with Crippen LogP contribution in [0.25, 0.3) is 0 Å². The van der Waals surface area contributed by atoms with Crippen LogP contribution in [0.2, 0.25) is 5.02 Å². The predicted octanol–water partition coefficient (Wildman–Crippen LogP) is 3.37. The number of hydrogen-bond acceptors (Lipinski definition) is 4. The van der Waals surface area contributed by atoms with Crippen LogP contribution in [-0.2, 0) is 6.54 Å². The minimum absolute atomic E-state index is 0.0284. The molecule has 0 aliphatic heterocycles. The zero-order valence-corrected chi connectivity index (χ0v) is 11.1. The Kier molecular flexibility index (Phi) is 4.02. The number of halogens is 1. The Hall–Kier alpha value is -2.07. The lowest BCUT2D eigenvalue weighted by molar-refractivity contribution is 0.415. The summed E-state index contributed by atoms with van der Waals surface area (Å²) in [5, 5.41) is 22.6. The molecule has 2 aromatic rings. The lowest BCUT2D eigenvalue weighted by atomic mass is 10.2. The quantitative estimate of drug-likeness (QED) is 0.803. The van der Waals surface area contributed by atoms with Crippen molar-refractivity contribution in [3.8, 4) is 17.2 Å².